The van der Waals surface area contributed by atoms with Gasteiger partial charge < -0.3 is 10.1 Å². The largest absolute Gasteiger partial charge is 0.380 e. The fourth-order valence-electron chi connectivity index (χ4n) is 2.42. The van der Waals surface area contributed by atoms with Crippen LogP contribution in [0.1, 0.15) is 19.8 Å². The van der Waals surface area contributed by atoms with Crippen LogP contribution in [0.3, 0.4) is 0 Å². The first-order valence-corrected chi connectivity index (χ1v) is 8.90. The number of thioether (sulfide) groups is 1. The summed E-state index contributed by atoms with van der Waals surface area (Å²) in [7, 11) is 0. The minimum atomic E-state index is 0.468. The Morgan fingerprint density at radius 1 is 1.45 bits per heavy atom. The third kappa shape index (κ3) is 3.34. The number of nitrogens with one attached hydrogen (secondary N) is 1. The molecule has 5 heteroatoms. The molecular formula is C15H20N2OS2. The van der Waals surface area contributed by atoms with E-state index in [0.29, 0.717) is 11.3 Å². The lowest BCUT2D eigenvalue weighted by Gasteiger charge is -2.31. The van der Waals surface area contributed by atoms with Crippen LogP contribution in [-0.2, 0) is 4.74 Å². The Hall–Kier alpha value is -0.620. The SMILES string of the molecule is CCCNC1CCOCC1Sc1nc2ccccc2s1. The molecule has 0 radical (unpaired) electrons. The van der Waals surface area contributed by atoms with Crippen LogP contribution in [0.25, 0.3) is 10.2 Å². The van der Waals surface area contributed by atoms with E-state index >= 15 is 0 Å². The molecule has 1 aliphatic rings. The second-order valence-corrected chi connectivity index (χ2v) is 7.54. The summed E-state index contributed by atoms with van der Waals surface area (Å²) in [4.78, 5) is 4.72. The summed E-state index contributed by atoms with van der Waals surface area (Å²) < 4.78 is 8.08. The highest BCUT2D eigenvalue weighted by Gasteiger charge is 2.27. The first-order chi connectivity index (χ1) is 9.86. The van der Waals surface area contributed by atoms with Crippen LogP contribution in [0.5, 0.6) is 0 Å². The van der Waals surface area contributed by atoms with Gasteiger partial charge in [-0.2, -0.15) is 0 Å². The third-order valence-electron chi connectivity index (χ3n) is 3.49. The highest BCUT2D eigenvalue weighted by molar-refractivity contribution is 8.01. The van der Waals surface area contributed by atoms with Gasteiger partial charge in [-0.05, 0) is 31.5 Å². The van der Waals surface area contributed by atoms with Gasteiger partial charge in [0.1, 0.15) is 0 Å². The summed E-state index contributed by atoms with van der Waals surface area (Å²) in [6.45, 7) is 4.99. The summed E-state index contributed by atoms with van der Waals surface area (Å²) in [5.41, 5.74) is 1.11. The average Bonchev–Trinajstić information content (AvgIpc) is 2.88. The van der Waals surface area contributed by atoms with Crippen molar-refractivity contribution in [3.05, 3.63) is 24.3 Å². The van der Waals surface area contributed by atoms with E-state index < -0.39 is 0 Å². The van der Waals surface area contributed by atoms with E-state index in [0.717, 1.165) is 36.0 Å². The Labute approximate surface area is 128 Å². The lowest BCUT2D eigenvalue weighted by atomic mass is 10.1. The van der Waals surface area contributed by atoms with Crippen molar-refractivity contribution >= 4 is 33.3 Å². The van der Waals surface area contributed by atoms with Crippen molar-refractivity contribution in [3.63, 3.8) is 0 Å². The number of benzene rings is 1. The third-order valence-corrected chi connectivity index (χ3v) is 5.92. The molecule has 0 bridgehead atoms. The van der Waals surface area contributed by atoms with Crippen LogP contribution in [0.15, 0.2) is 28.6 Å². The maximum Gasteiger partial charge on any atom is 0.151 e. The molecule has 2 heterocycles. The van der Waals surface area contributed by atoms with Gasteiger partial charge in [0, 0.05) is 12.6 Å². The topological polar surface area (TPSA) is 34.1 Å². The molecule has 2 atom stereocenters. The summed E-state index contributed by atoms with van der Waals surface area (Å²) in [5.74, 6) is 0. The van der Waals surface area contributed by atoms with Gasteiger partial charge in [0.15, 0.2) is 4.34 Å². The van der Waals surface area contributed by atoms with E-state index in [1.165, 1.54) is 11.1 Å². The second kappa shape index (κ2) is 6.89. The van der Waals surface area contributed by atoms with Crippen LogP contribution in [-0.4, -0.2) is 36.0 Å². The quantitative estimate of drug-likeness (QED) is 0.916. The molecule has 108 valence electrons. The predicted octanol–water partition coefficient (Wildman–Crippen LogP) is 3.55. The summed E-state index contributed by atoms with van der Waals surface area (Å²) in [5, 5.41) is 4.12. The van der Waals surface area contributed by atoms with Gasteiger partial charge in [-0.3, -0.25) is 0 Å². The first kappa shape index (κ1) is 14.3. The number of ether oxygens (including phenoxy) is 1. The zero-order valence-electron chi connectivity index (χ0n) is 11.7. The highest BCUT2D eigenvalue weighted by atomic mass is 32.2. The Kier molecular flexibility index (Phi) is 4.94. The number of hydrogen-bond donors (Lipinski definition) is 1. The van der Waals surface area contributed by atoms with Crippen molar-refractivity contribution in [2.45, 2.75) is 35.4 Å². The molecule has 0 aliphatic carbocycles. The predicted molar refractivity (Wildman–Crippen MR) is 86.8 cm³/mol. The Morgan fingerprint density at radius 3 is 3.20 bits per heavy atom. The van der Waals surface area contributed by atoms with Crippen LogP contribution in [0, 0.1) is 0 Å². The molecule has 1 N–H and O–H groups in total. The lowest BCUT2D eigenvalue weighted by molar-refractivity contribution is 0.0833. The first-order valence-electron chi connectivity index (χ1n) is 7.20. The van der Waals surface area contributed by atoms with E-state index in [1.54, 1.807) is 11.3 Å². The molecule has 1 aromatic carbocycles. The molecule has 1 saturated heterocycles. The molecule has 20 heavy (non-hydrogen) atoms. The van der Waals surface area contributed by atoms with Gasteiger partial charge in [0.25, 0.3) is 0 Å². The smallest absolute Gasteiger partial charge is 0.151 e. The van der Waals surface area contributed by atoms with Crippen LogP contribution in [0.4, 0.5) is 0 Å². The van der Waals surface area contributed by atoms with E-state index in [2.05, 4.69) is 30.4 Å². The lowest BCUT2D eigenvalue weighted by Crippen LogP contribution is -2.45. The van der Waals surface area contributed by atoms with Crippen LogP contribution in [0.2, 0.25) is 0 Å². The number of aromatic nitrogens is 1. The number of nitrogens with zero attached hydrogens (tertiary/aromatic N) is 1. The van der Waals surface area contributed by atoms with Crippen molar-refractivity contribution < 1.29 is 4.74 Å². The van der Waals surface area contributed by atoms with Crippen molar-refractivity contribution in [3.8, 4) is 0 Å². The van der Waals surface area contributed by atoms with E-state index in [4.69, 9.17) is 9.72 Å². The van der Waals surface area contributed by atoms with Gasteiger partial charge in [-0.25, -0.2) is 4.98 Å². The Bertz CT molecular complexity index is 525. The van der Waals surface area contributed by atoms with Crippen LogP contribution >= 0.6 is 23.1 Å². The van der Waals surface area contributed by atoms with Gasteiger partial charge in [0.05, 0.1) is 22.1 Å². The minimum absolute atomic E-state index is 0.468. The molecule has 2 aromatic rings. The molecule has 2 unspecified atom stereocenters. The number of thiazole rings is 1. The number of para-hydroxylation sites is 1. The summed E-state index contributed by atoms with van der Waals surface area (Å²) in [6, 6.07) is 8.89. The second-order valence-electron chi connectivity index (χ2n) is 5.03. The summed E-state index contributed by atoms with van der Waals surface area (Å²) in [6.07, 6.45) is 2.28. The Morgan fingerprint density at radius 2 is 2.35 bits per heavy atom. The van der Waals surface area contributed by atoms with Gasteiger partial charge in [0.2, 0.25) is 0 Å². The van der Waals surface area contributed by atoms with Crippen molar-refractivity contribution in [1.29, 1.82) is 0 Å². The molecule has 0 spiro atoms. The highest BCUT2D eigenvalue weighted by Crippen LogP contribution is 2.34. The fraction of sp³-hybridized carbons (Fsp3) is 0.533. The standard InChI is InChI=1S/C15H20N2OS2/c1-2-8-16-11-7-9-18-10-14(11)20-15-17-12-5-3-4-6-13(12)19-15/h3-6,11,14,16H,2,7-10H2,1H3. The van der Waals surface area contributed by atoms with Gasteiger partial charge in [-0.15, -0.1) is 11.3 Å². The maximum absolute atomic E-state index is 5.65. The molecule has 1 aromatic heterocycles. The van der Waals surface area contributed by atoms with Crippen molar-refractivity contribution in [1.82, 2.24) is 10.3 Å². The monoisotopic (exact) mass is 308 g/mol. The number of rotatable bonds is 5. The zero-order chi connectivity index (χ0) is 13.8. The van der Waals surface area contributed by atoms with Gasteiger partial charge in [-0.1, -0.05) is 30.8 Å². The normalized spacial score (nSPS) is 23.2. The van der Waals surface area contributed by atoms with Crippen molar-refractivity contribution in [2.24, 2.45) is 0 Å². The van der Waals surface area contributed by atoms with Gasteiger partial charge >= 0.3 is 0 Å². The minimum Gasteiger partial charge on any atom is -0.380 e. The van der Waals surface area contributed by atoms with Crippen LogP contribution < -0.4 is 5.32 Å². The van der Waals surface area contributed by atoms with E-state index in [-0.39, 0.29) is 0 Å². The van der Waals surface area contributed by atoms with Crippen molar-refractivity contribution in [2.75, 3.05) is 19.8 Å². The molecule has 1 aliphatic heterocycles. The number of hydrogen-bond acceptors (Lipinski definition) is 5. The molecule has 0 saturated carbocycles. The molecule has 1 fully saturated rings. The molecule has 0 amide bonds. The maximum atomic E-state index is 5.65. The molecule has 3 rings (SSSR count). The van der Waals surface area contributed by atoms with E-state index in [1.807, 2.05) is 17.8 Å². The van der Waals surface area contributed by atoms with E-state index in [9.17, 15) is 0 Å². The zero-order valence-corrected chi connectivity index (χ0v) is 13.3. The number of fused-ring (bicyclic) bond motifs is 1. The Balaban J connectivity index is 1.70. The summed E-state index contributed by atoms with van der Waals surface area (Å²) >= 11 is 3.65. The average molecular weight is 308 g/mol. The molecular weight excluding hydrogens is 288 g/mol. The molecule has 3 nitrogen and oxygen atoms in total. The fourth-order valence-corrected chi connectivity index (χ4v) is 4.92.